The number of para-hydroxylation sites is 1. The van der Waals surface area contributed by atoms with Crippen LogP contribution in [0.15, 0.2) is 60.7 Å². The van der Waals surface area contributed by atoms with Crippen LogP contribution in [0.2, 0.25) is 0 Å². The molecule has 34 heavy (non-hydrogen) atoms. The van der Waals surface area contributed by atoms with Crippen molar-refractivity contribution in [3.63, 3.8) is 0 Å². The van der Waals surface area contributed by atoms with E-state index in [2.05, 4.69) is 10.6 Å². The molecular weight excluding hydrogens is 458 g/mol. The smallest absolute Gasteiger partial charge is 0.338 e. The Morgan fingerprint density at radius 2 is 1.59 bits per heavy atom. The van der Waals surface area contributed by atoms with Crippen LogP contribution in [0.4, 0.5) is 10.5 Å². The van der Waals surface area contributed by atoms with E-state index in [4.69, 9.17) is 27.4 Å². The van der Waals surface area contributed by atoms with Gasteiger partial charge in [-0.2, -0.15) is 0 Å². The Morgan fingerprint density at radius 3 is 2.21 bits per heavy atom. The van der Waals surface area contributed by atoms with Crippen molar-refractivity contribution in [1.82, 2.24) is 5.32 Å². The zero-order valence-electron chi connectivity index (χ0n) is 18.2. The molecule has 0 saturated carbocycles. The number of phenols is 1. The maximum absolute atomic E-state index is 13.1. The topological polar surface area (TPSA) is 140 Å². The first kappa shape index (κ1) is 24.2. The van der Waals surface area contributed by atoms with Gasteiger partial charge in [0.1, 0.15) is 16.5 Å². The van der Waals surface area contributed by atoms with E-state index in [1.54, 1.807) is 48.5 Å². The third kappa shape index (κ3) is 4.97. The van der Waals surface area contributed by atoms with E-state index in [9.17, 15) is 19.5 Å². The Morgan fingerprint density at radius 1 is 0.941 bits per heavy atom. The van der Waals surface area contributed by atoms with Gasteiger partial charge in [0.15, 0.2) is 0 Å². The number of carbonyl (C=O) groups is 3. The van der Waals surface area contributed by atoms with Crippen molar-refractivity contribution in [3.05, 3.63) is 77.4 Å². The van der Waals surface area contributed by atoms with Gasteiger partial charge in [-0.3, -0.25) is 10.1 Å². The number of phenolic OH excluding ortho intramolecular Hbond substituents is 1. The second kappa shape index (κ2) is 10.5. The number of hydrogen-bond donors (Lipinski definition) is 4. The monoisotopic (exact) mass is 479 g/mol. The van der Waals surface area contributed by atoms with Crippen LogP contribution in [0.1, 0.15) is 26.3 Å². The Labute approximate surface area is 200 Å². The Kier molecular flexibility index (Phi) is 7.44. The minimum Gasteiger partial charge on any atom is -0.506 e. The second-order valence-corrected chi connectivity index (χ2v) is 7.31. The molecule has 0 heterocycles. The molecule has 0 spiro atoms. The lowest BCUT2D eigenvalue weighted by Gasteiger charge is -2.20. The van der Waals surface area contributed by atoms with E-state index in [0.717, 1.165) is 0 Å². The maximum atomic E-state index is 13.1. The normalized spacial score (nSPS) is 10.2. The van der Waals surface area contributed by atoms with Crippen LogP contribution < -0.4 is 21.1 Å². The van der Waals surface area contributed by atoms with Crippen molar-refractivity contribution in [1.29, 1.82) is 0 Å². The standard InChI is InChI=1S/C24H21N3O6S/c1-32-20-16(14-10-6-7-11-15(14)23(30)33-2)12-17(19(28)18(20)22(34)27-24(25)31)21(29)26-13-8-4-3-5-9-13/h3-12,28H,1-2H3,(H,26,29)(H3,25,27,31,34). The number of benzene rings is 3. The summed E-state index contributed by atoms with van der Waals surface area (Å²) in [5, 5.41) is 15.9. The molecule has 9 nitrogen and oxygen atoms in total. The zero-order valence-corrected chi connectivity index (χ0v) is 19.1. The van der Waals surface area contributed by atoms with Gasteiger partial charge in [-0.05, 0) is 29.8 Å². The van der Waals surface area contributed by atoms with E-state index in [1.165, 1.54) is 26.4 Å². The zero-order chi connectivity index (χ0) is 24.8. The highest BCUT2D eigenvalue weighted by atomic mass is 32.1. The van der Waals surface area contributed by atoms with E-state index in [0.29, 0.717) is 11.3 Å². The summed E-state index contributed by atoms with van der Waals surface area (Å²) in [6, 6.07) is 15.5. The summed E-state index contributed by atoms with van der Waals surface area (Å²) in [6.45, 7) is 0. The summed E-state index contributed by atoms with van der Waals surface area (Å²) in [7, 11) is 2.56. The number of hydrogen-bond acceptors (Lipinski definition) is 7. The molecule has 3 rings (SSSR count). The van der Waals surface area contributed by atoms with Gasteiger partial charge in [-0.1, -0.05) is 48.6 Å². The number of nitrogens with two attached hydrogens (primary N) is 1. The molecule has 0 aromatic heterocycles. The molecule has 0 fully saturated rings. The van der Waals surface area contributed by atoms with Crippen LogP contribution in [-0.2, 0) is 4.74 Å². The van der Waals surface area contributed by atoms with Gasteiger partial charge in [-0.25, -0.2) is 9.59 Å². The minimum absolute atomic E-state index is 0.0175. The van der Waals surface area contributed by atoms with Crippen molar-refractivity contribution in [2.45, 2.75) is 0 Å². The van der Waals surface area contributed by atoms with Crippen LogP contribution in [0, 0.1) is 0 Å². The number of primary amides is 1. The minimum atomic E-state index is -0.970. The molecule has 174 valence electrons. The quantitative estimate of drug-likeness (QED) is 0.314. The highest BCUT2D eigenvalue weighted by Crippen LogP contribution is 2.42. The number of rotatable bonds is 6. The lowest BCUT2D eigenvalue weighted by Crippen LogP contribution is -2.34. The largest absolute Gasteiger partial charge is 0.506 e. The molecule has 0 aliphatic carbocycles. The summed E-state index contributed by atoms with van der Waals surface area (Å²) in [5.41, 5.74) is 6.15. The molecule has 0 aliphatic heterocycles. The SMILES string of the molecule is COC(=O)c1ccccc1-c1cc(C(=O)Nc2ccccc2)c(O)c(C(=S)NC(N)=O)c1OC. The Balaban J connectivity index is 2.30. The summed E-state index contributed by atoms with van der Waals surface area (Å²) >= 11 is 5.26. The van der Waals surface area contributed by atoms with Gasteiger partial charge in [-0.15, -0.1) is 0 Å². The molecule has 0 radical (unpaired) electrons. The first-order chi connectivity index (χ1) is 16.3. The number of carbonyl (C=O) groups excluding carboxylic acids is 3. The number of nitrogens with one attached hydrogen (secondary N) is 2. The molecule has 0 saturated heterocycles. The fourth-order valence-electron chi connectivity index (χ4n) is 3.35. The van der Waals surface area contributed by atoms with Crippen LogP contribution >= 0.6 is 12.2 Å². The third-order valence-electron chi connectivity index (χ3n) is 4.82. The first-order valence-corrected chi connectivity index (χ1v) is 10.3. The average molecular weight is 480 g/mol. The number of esters is 1. The molecule has 0 bridgehead atoms. The molecule has 3 aromatic rings. The summed E-state index contributed by atoms with van der Waals surface area (Å²) in [6.07, 6.45) is 0. The number of anilines is 1. The highest BCUT2D eigenvalue weighted by molar-refractivity contribution is 7.80. The highest BCUT2D eigenvalue weighted by Gasteiger charge is 2.28. The number of aromatic hydroxyl groups is 1. The molecular formula is C24H21N3O6S. The van der Waals surface area contributed by atoms with Gasteiger partial charge in [0, 0.05) is 11.3 Å². The lowest BCUT2D eigenvalue weighted by atomic mass is 9.93. The molecule has 0 atom stereocenters. The fraction of sp³-hybridized carbons (Fsp3) is 0.0833. The van der Waals surface area contributed by atoms with Crippen molar-refractivity contribution in [2.24, 2.45) is 5.73 Å². The first-order valence-electron chi connectivity index (χ1n) is 9.87. The molecule has 5 N–H and O–H groups in total. The van der Waals surface area contributed by atoms with Crippen LogP contribution in [-0.4, -0.2) is 42.2 Å². The van der Waals surface area contributed by atoms with Crippen LogP contribution in [0.25, 0.3) is 11.1 Å². The second-order valence-electron chi connectivity index (χ2n) is 6.90. The molecule has 0 unspecified atom stereocenters. The third-order valence-corrected chi connectivity index (χ3v) is 5.13. The van der Waals surface area contributed by atoms with Crippen molar-refractivity contribution >= 4 is 40.8 Å². The number of amides is 3. The lowest BCUT2D eigenvalue weighted by molar-refractivity contribution is 0.0601. The Hall–Kier alpha value is -4.44. The molecule has 3 amide bonds. The summed E-state index contributed by atoms with van der Waals surface area (Å²) < 4.78 is 10.4. The van der Waals surface area contributed by atoms with Gasteiger partial charge in [0.25, 0.3) is 5.91 Å². The molecule has 3 aromatic carbocycles. The number of methoxy groups -OCH3 is 2. The van der Waals surface area contributed by atoms with Crippen LogP contribution in [0.3, 0.4) is 0 Å². The van der Waals surface area contributed by atoms with Gasteiger partial charge in [0.2, 0.25) is 0 Å². The van der Waals surface area contributed by atoms with E-state index >= 15 is 0 Å². The Bertz CT molecular complexity index is 1280. The van der Waals surface area contributed by atoms with Crippen molar-refractivity contribution < 1.29 is 29.0 Å². The molecule has 0 aliphatic rings. The number of urea groups is 1. The number of thiocarbonyl (C=S) groups is 1. The molecule has 10 heteroatoms. The van der Waals surface area contributed by atoms with Gasteiger partial charge < -0.3 is 25.6 Å². The van der Waals surface area contributed by atoms with Gasteiger partial charge in [0.05, 0.1) is 30.9 Å². The van der Waals surface area contributed by atoms with E-state index in [-0.39, 0.29) is 33.0 Å². The number of ether oxygens (including phenoxy) is 2. The predicted molar refractivity (Wildman–Crippen MR) is 130 cm³/mol. The summed E-state index contributed by atoms with van der Waals surface area (Å²) in [4.78, 5) is 36.7. The van der Waals surface area contributed by atoms with Gasteiger partial charge >= 0.3 is 12.0 Å². The summed E-state index contributed by atoms with van der Waals surface area (Å²) in [5.74, 6) is -1.81. The average Bonchev–Trinajstić information content (AvgIpc) is 2.83. The van der Waals surface area contributed by atoms with Crippen molar-refractivity contribution in [3.8, 4) is 22.6 Å². The fourth-order valence-corrected chi connectivity index (χ4v) is 3.64. The predicted octanol–water partition coefficient (Wildman–Crippen LogP) is 3.45. The van der Waals surface area contributed by atoms with E-state index in [1.807, 2.05) is 0 Å². The van der Waals surface area contributed by atoms with E-state index < -0.39 is 23.7 Å². The van der Waals surface area contributed by atoms with Crippen LogP contribution in [0.5, 0.6) is 11.5 Å². The van der Waals surface area contributed by atoms with Crippen molar-refractivity contribution in [2.75, 3.05) is 19.5 Å². The maximum Gasteiger partial charge on any atom is 0.338 e.